The molecule has 3 aromatic rings. The van der Waals surface area contributed by atoms with Crippen molar-refractivity contribution in [3.63, 3.8) is 0 Å². The van der Waals surface area contributed by atoms with E-state index in [2.05, 4.69) is 20.3 Å². The van der Waals surface area contributed by atoms with Gasteiger partial charge in [-0.15, -0.1) is 0 Å². The highest BCUT2D eigenvalue weighted by Gasteiger charge is 2.33. The third kappa shape index (κ3) is 3.73. The van der Waals surface area contributed by atoms with E-state index in [0.29, 0.717) is 24.7 Å². The zero-order chi connectivity index (χ0) is 19.5. The lowest BCUT2D eigenvalue weighted by Crippen LogP contribution is -2.54. The van der Waals surface area contributed by atoms with Crippen LogP contribution in [0.1, 0.15) is 10.5 Å². The summed E-state index contributed by atoms with van der Waals surface area (Å²) in [5.41, 5.74) is 0.166. The smallest absolute Gasteiger partial charge is 0.279 e. The summed E-state index contributed by atoms with van der Waals surface area (Å²) < 4.78 is 31.9. The van der Waals surface area contributed by atoms with Gasteiger partial charge in [0.1, 0.15) is 17.7 Å². The predicted molar refractivity (Wildman–Crippen MR) is 97.2 cm³/mol. The first-order chi connectivity index (χ1) is 13.6. The average molecular weight is 383 g/mol. The van der Waals surface area contributed by atoms with E-state index in [4.69, 9.17) is 4.74 Å². The summed E-state index contributed by atoms with van der Waals surface area (Å²) in [4.78, 5) is 26.8. The second kappa shape index (κ2) is 7.55. The molecule has 1 aromatic carbocycles. The monoisotopic (exact) mass is 383 g/mol. The molecular weight excluding hydrogens is 368 g/mol. The minimum atomic E-state index is -0.962. The van der Waals surface area contributed by atoms with Gasteiger partial charge in [0, 0.05) is 24.7 Å². The van der Waals surface area contributed by atoms with Crippen LogP contribution in [0, 0.1) is 11.6 Å². The number of carbonyl (C=O) groups excluding carboxylic acids is 1. The molecule has 1 N–H and O–H groups in total. The summed E-state index contributed by atoms with van der Waals surface area (Å²) >= 11 is 0. The van der Waals surface area contributed by atoms with Crippen molar-refractivity contribution in [2.75, 3.05) is 23.3 Å². The van der Waals surface area contributed by atoms with Gasteiger partial charge in [0.15, 0.2) is 23.1 Å². The highest BCUT2D eigenvalue weighted by molar-refractivity contribution is 6.05. The fraction of sp³-hybridized carbons (Fsp3) is 0.158. The zero-order valence-corrected chi connectivity index (χ0v) is 14.5. The first-order valence-electron chi connectivity index (χ1n) is 8.50. The molecule has 1 aliphatic rings. The normalized spacial score (nSPS) is 13.7. The Morgan fingerprint density at radius 3 is 2.61 bits per heavy atom. The molecule has 0 saturated carbocycles. The fourth-order valence-corrected chi connectivity index (χ4v) is 2.76. The number of hydrogen-bond acceptors (Lipinski definition) is 6. The molecule has 142 valence electrons. The second-order valence-electron chi connectivity index (χ2n) is 6.12. The van der Waals surface area contributed by atoms with Crippen LogP contribution in [0.15, 0.2) is 55.0 Å². The Kier molecular flexibility index (Phi) is 4.79. The molecule has 2 aromatic heterocycles. The van der Waals surface area contributed by atoms with Crippen molar-refractivity contribution in [2.45, 2.75) is 6.10 Å². The number of anilines is 2. The Morgan fingerprint density at radius 1 is 1.04 bits per heavy atom. The number of carbonyl (C=O) groups is 1. The van der Waals surface area contributed by atoms with Crippen LogP contribution in [-0.4, -0.2) is 40.1 Å². The highest BCUT2D eigenvalue weighted by atomic mass is 19.2. The number of pyridine rings is 1. The topological polar surface area (TPSA) is 80.2 Å². The standard InChI is InChI=1S/C19H15F2N5O2/c20-14-5-4-12(9-15(14)21)28-13-10-26(11-13)18-17(23-7-8-24-18)19(27)25-16-3-1-2-6-22-16/h1-9,13H,10-11H2,(H,22,25,27). The second-order valence-corrected chi connectivity index (χ2v) is 6.12. The number of amides is 1. The van der Waals surface area contributed by atoms with Gasteiger partial charge >= 0.3 is 0 Å². The Balaban J connectivity index is 1.42. The number of hydrogen-bond donors (Lipinski definition) is 1. The van der Waals surface area contributed by atoms with E-state index in [9.17, 15) is 13.6 Å². The summed E-state index contributed by atoms with van der Waals surface area (Å²) in [5.74, 6) is -1.24. The first kappa shape index (κ1) is 17.8. The highest BCUT2D eigenvalue weighted by Crippen LogP contribution is 2.25. The lowest BCUT2D eigenvalue weighted by atomic mass is 10.1. The molecular formula is C19H15F2N5O2. The molecule has 0 atom stereocenters. The zero-order valence-electron chi connectivity index (χ0n) is 14.5. The van der Waals surface area contributed by atoms with Crippen molar-refractivity contribution < 1.29 is 18.3 Å². The lowest BCUT2D eigenvalue weighted by Gasteiger charge is -2.40. The van der Waals surface area contributed by atoms with E-state index in [0.717, 1.165) is 12.1 Å². The number of aromatic nitrogens is 3. The summed E-state index contributed by atoms with van der Waals surface area (Å²) in [6.45, 7) is 0.864. The SMILES string of the molecule is O=C(Nc1ccccn1)c1nccnc1N1CC(Oc2ccc(F)c(F)c2)C1. The van der Waals surface area contributed by atoms with Crippen LogP contribution in [0.4, 0.5) is 20.4 Å². The van der Waals surface area contributed by atoms with Gasteiger partial charge in [-0.25, -0.2) is 23.7 Å². The summed E-state index contributed by atoms with van der Waals surface area (Å²) in [5, 5.41) is 2.68. The Bertz CT molecular complexity index is 997. The van der Waals surface area contributed by atoms with Crippen LogP contribution in [-0.2, 0) is 0 Å². The molecule has 0 unspecified atom stereocenters. The Hall–Kier alpha value is -3.62. The van der Waals surface area contributed by atoms with Crippen LogP contribution in [0.25, 0.3) is 0 Å². The molecule has 7 nitrogen and oxygen atoms in total. The van der Waals surface area contributed by atoms with E-state index in [-0.39, 0.29) is 17.5 Å². The van der Waals surface area contributed by atoms with Gasteiger partial charge in [-0.05, 0) is 24.3 Å². The minimum Gasteiger partial charge on any atom is -0.487 e. The molecule has 1 fully saturated rings. The average Bonchev–Trinajstić information content (AvgIpc) is 2.68. The van der Waals surface area contributed by atoms with Gasteiger partial charge in [-0.2, -0.15) is 0 Å². The van der Waals surface area contributed by atoms with Crippen LogP contribution in [0.2, 0.25) is 0 Å². The molecule has 3 heterocycles. The van der Waals surface area contributed by atoms with Crippen molar-refractivity contribution >= 4 is 17.5 Å². The quantitative estimate of drug-likeness (QED) is 0.730. The van der Waals surface area contributed by atoms with Gasteiger partial charge < -0.3 is 15.0 Å². The summed E-state index contributed by atoms with van der Waals surface area (Å²) in [6, 6.07) is 8.57. The van der Waals surface area contributed by atoms with Gasteiger partial charge in [0.2, 0.25) is 0 Å². The van der Waals surface area contributed by atoms with Crippen LogP contribution < -0.4 is 15.0 Å². The molecule has 0 radical (unpaired) electrons. The molecule has 1 aliphatic heterocycles. The first-order valence-corrected chi connectivity index (χ1v) is 8.50. The van der Waals surface area contributed by atoms with Crippen LogP contribution >= 0.6 is 0 Å². The van der Waals surface area contributed by atoms with E-state index in [1.807, 2.05) is 4.90 Å². The van der Waals surface area contributed by atoms with Crippen molar-refractivity contribution in [2.24, 2.45) is 0 Å². The fourth-order valence-electron chi connectivity index (χ4n) is 2.76. The molecule has 0 spiro atoms. The van der Waals surface area contributed by atoms with E-state index in [1.54, 1.807) is 24.4 Å². The third-order valence-electron chi connectivity index (χ3n) is 4.14. The van der Waals surface area contributed by atoms with E-state index < -0.39 is 17.5 Å². The van der Waals surface area contributed by atoms with Crippen LogP contribution in [0.3, 0.4) is 0 Å². The largest absolute Gasteiger partial charge is 0.487 e. The number of rotatable bonds is 5. The maximum absolute atomic E-state index is 13.3. The molecule has 28 heavy (non-hydrogen) atoms. The predicted octanol–water partition coefficient (Wildman–Crippen LogP) is 2.67. The third-order valence-corrected chi connectivity index (χ3v) is 4.14. The van der Waals surface area contributed by atoms with Crippen molar-refractivity contribution in [3.8, 4) is 5.75 Å². The maximum Gasteiger partial charge on any atom is 0.279 e. The molecule has 0 bridgehead atoms. The number of benzene rings is 1. The van der Waals surface area contributed by atoms with E-state index >= 15 is 0 Å². The molecule has 1 saturated heterocycles. The molecule has 9 heteroatoms. The summed E-state index contributed by atoms with van der Waals surface area (Å²) in [6.07, 6.45) is 4.27. The lowest BCUT2D eigenvalue weighted by molar-refractivity contribution is 0.102. The molecule has 0 aliphatic carbocycles. The Labute approximate surface area is 159 Å². The van der Waals surface area contributed by atoms with Crippen LogP contribution in [0.5, 0.6) is 5.75 Å². The number of nitrogens with zero attached hydrogens (tertiary/aromatic N) is 4. The minimum absolute atomic E-state index is 0.166. The van der Waals surface area contributed by atoms with Gasteiger partial charge in [-0.3, -0.25) is 4.79 Å². The summed E-state index contributed by atoms with van der Waals surface area (Å²) in [7, 11) is 0. The number of halogens is 2. The van der Waals surface area contributed by atoms with E-state index in [1.165, 1.54) is 18.5 Å². The van der Waals surface area contributed by atoms with Gasteiger partial charge in [0.25, 0.3) is 5.91 Å². The van der Waals surface area contributed by atoms with Crippen molar-refractivity contribution in [3.05, 3.63) is 72.3 Å². The number of ether oxygens (including phenoxy) is 1. The van der Waals surface area contributed by atoms with Gasteiger partial charge in [0.05, 0.1) is 13.1 Å². The molecule has 4 rings (SSSR count). The maximum atomic E-state index is 13.3. The van der Waals surface area contributed by atoms with Gasteiger partial charge in [-0.1, -0.05) is 6.07 Å². The Morgan fingerprint density at radius 2 is 1.86 bits per heavy atom. The van der Waals surface area contributed by atoms with Crippen molar-refractivity contribution in [1.29, 1.82) is 0 Å². The number of nitrogens with one attached hydrogen (secondary N) is 1. The van der Waals surface area contributed by atoms with Crippen molar-refractivity contribution in [1.82, 2.24) is 15.0 Å². The molecule has 1 amide bonds.